The van der Waals surface area contributed by atoms with Crippen molar-refractivity contribution in [2.45, 2.75) is 12.8 Å². The van der Waals surface area contributed by atoms with Crippen LogP contribution in [0.5, 0.6) is 0 Å². The number of carbonyl (C=O) groups excluding carboxylic acids is 1. The third-order valence-corrected chi connectivity index (χ3v) is 3.35. The minimum absolute atomic E-state index is 0. The van der Waals surface area contributed by atoms with Crippen molar-refractivity contribution in [3.63, 3.8) is 0 Å². The zero-order chi connectivity index (χ0) is 13.0. The number of aromatic nitrogens is 1. The van der Waals surface area contributed by atoms with Crippen molar-refractivity contribution in [3.05, 3.63) is 29.8 Å². The van der Waals surface area contributed by atoms with E-state index in [-0.39, 0.29) is 30.7 Å². The second-order valence-corrected chi connectivity index (χ2v) is 4.69. The monoisotopic (exact) mass is 323 g/mol. The summed E-state index contributed by atoms with van der Waals surface area (Å²) < 4.78 is 13.0. The van der Waals surface area contributed by atoms with E-state index in [1.807, 2.05) is 7.05 Å². The molecule has 1 amide bonds. The molecule has 0 radical (unpaired) electrons. The molecule has 7 heteroatoms. The molecule has 2 heterocycles. The highest BCUT2D eigenvalue weighted by molar-refractivity contribution is 5.93. The van der Waals surface area contributed by atoms with Gasteiger partial charge in [-0.05, 0) is 38.4 Å². The average molecular weight is 324 g/mol. The maximum atomic E-state index is 13.0. The summed E-state index contributed by atoms with van der Waals surface area (Å²) in [6, 6.07) is 1.25. The predicted octanol–water partition coefficient (Wildman–Crippen LogP) is 2.14. The standard InChI is InChI=1S/C13H18FN3O.2ClH/c1-15-7-10-2-4-17(5-3-10)13(18)11-6-12(14)9-16-8-11;;/h6,8-10,15H,2-5,7H2,1H3;2*1H. The molecule has 0 spiro atoms. The molecule has 2 rings (SSSR count). The van der Waals surface area contributed by atoms with Crippen LogP contribution in [-0.4, -0.2) is 42.5 Å². The van der Waals surface area contributed by atoms with Gasteiger partial charge in [-0.15, -0.1) is 24.8 Å². The van der Waals surface area contributed by atoms with Gasteiger partial charge in [0.25, 0.3) is 5.91 Å². The molecule has 1 saturated heterocycles. The Morgan fingerprint density at radius 2 is 2.05 bits per heavy atom. The van der Waals surface area contributed by atoms with E-state index in [1.165, 1.54) is 12.3 Å². The molecule has 0 atom stereocenters. The average Bonchev–Trinajstić information content (AvgIpc) is 2.39. The Bertz CT molecular complexity index is 426. The van der Waals surface area contributed by atoms with Gasteiger partial charge < -0.3 is 10.2 Å². The summed E-state index contributed by atoms with van der Waals surface area (Å²) in [7, 11) is 1.94. The first-order valence-electron chi connectivity index (χ1n) is 6.25. The summed E-state index contributed by atoms with van der Waals surface area (Å²) in [5.74, 6) is 0.0421. The molecule has 0 aliphatic carbocycles. The van der Waals surface area contributed by atoms with Crippen LogP contribution in [0.2, 0.25) is 0 Å². The second kappa shape index (κ2) is 9.10. The number of amides is 1. The molecule has 1 N–H and O–H groups in total. The highest BCUT2D eigenvalue weighted by Gasteiger charge is 2.23. The Morgan fingerprint density at radius 3 is 2.60 bits per heavy atom. The Labute approximate surface area is 131 Å². The van der Waals surface area contributed by atoms with Crippen LogP contribution < -0.4 is 5.32 Å². The van der Waals surface area contributed by atoms with Crippen molar-refractivity contribution in [2.24, 2.45) is 5.92 Å². The third-order valence-electron chi connectivity index (χ3n) is 3.35. The number of hydrogen-bond acceptors (Lipinski definition) is 3. The van der Waals surface area contributed by atoms with Crippen molar-refractivity contribution in [2.75, 3.05) is 26.7 Å². The van der Waals surface area contributed by atoms with Crippen molar-refractivity contribution < 1.29 is 9.18 Å². The SMILES string of the molecule is CNCC1CCN(C(=O)c2cncc(F)c2)CC1.Cl.Cl. The van der Waals surface area contributed by atoms with Gasteiger partial charge in [0, 0.05) is 19.3 Å². The highest BCUT2D eigenvalue weighted by Crippen LogP contribution is 2.18. The maximum Gasteiger partial charge on any atom is 0.255 e. The van der Waals surface area contributed by atoms with Crippen LogP contribution in [0.1, 0.15) is 23.2 Å². The van der Waals surface area contributed by atoms with E-state index in [2.05, 4.69) is 10.3 Å². The van der Waals surface area contributed by atoms with Crippen LogP contribution >= 0.6 is 24.8 Å². The molecule has 1 fully saturated rings. The minimum atomic E-state index is -0.467. The van der Waals surface area contributed by atoms with Crippen molar-refractivity contribution in [1.82, 2.24) is 15.2 Å². The minimum Gasteiger partial charge on any atom is -0.339 e. The molecule has 4 nitrogen and oxygen atoms in total. The molecule has 1 aliphatic rings. The number of hydrogen-bond donors (Lipinski definition) is 1. The molecule has 1 aromatic rings. The zero-order valence-electron chi connectivity index (χ0n) is 11.3. The Balaban J connectivity index is 0.00000180. The smallest absolute Gasteiger partial charge is 0.255 e. The fourth-order valence-corrected chi connectivity index (χ4v) is 2.34. The molecule has 0 bridgehead atoms. The van der Waals surface area contributed by atoms with Gasteiger partial charge in [-0.1, -0.05) is 0 Å². The van der Waals surface area contributed by atoms with E-state index in [0.717, 1.165) is 38.7 Å². The first-order valence-corrected chi connectivity index (χ1v) is 6.25. The first-order chi connectivity index (χ1) is 8.70. The van der Waals surface area contributed by atoms with Crippen LogP contribution in [-0.2, 0) is 0 Å². The lowest BCUT2D eigenvalue weighted by Gasteiger charge is -2.31. The number of halogens is 3. The number of nitrogens with one attached hydrogen (secondary N) is 1. The van der Waals surface area contributed by atoms with Crippen LogP contribution in [0.15, 0.2) is 18.5 Å². The van der Waals surface area contributed by atoms with Crippen LogP contribution in [0.4, 0.5) is 4.39 Å². The largest absolute Gasteiger partial charge is 0.339 e. The number of likely N-dealkylation sites (tertiary alicyclic amines) is 1. The summed E-state index contributed by atoms with van der Waals surface area (Å²) in [5.41, 5.74) is 0.335. The molecule has 0 unspecified atom stereocenters. The number of carbonyl (C=O) groups is 1. The molecule has 20 heavy (non-hydrogen) atoms. The van der Waals surface area contributed by atoms with Crippen molar-refractivity contribution in [3.8, 4) is 0 Å². The van der Waals surface area contributed by atoms with Gasteiger partial charge in [0.15, 0.2) is 0 Å². The molecule has 1 aliphatic heterocycles. The van der Waals surface area contributed by atoms with Gasteiger partial charge in [-0.3, -0.25) is 9.78 Å². The summed E-state index contributed by atoms with van der Waals surface area (Å²) in [6.45, 7) is 2.47. The fourth-order valence-electron chi connectivity index (χ4n) is 2.34. The summed E-state index contributed by atoms with van der Waals surface area (Å²) in [5, 5.41) is 3.16. The van der Waals surface area contributed by atoms with E-state index < -0.39 is 5.82 Å². The van der Waals surface area contributed by atoms with Crippen molar-refractivity contribution in [1.29, 1.82) is 0 Å². The van der Waals surface area contributed by atoms with Gasteiger partial charge in [0.2, 0.25) is 0 Å². The molecule has 0 aromatic carbocycles. The molecular formula is C13H20Cl2FN3O. The summed E-state index contributed by atoms with van der Waals surface area (Å²) >= 11 is 0. The van der Waals surface area contributed by atoms with E-state index in [0.29, 0.717) is 11.5 Å². The van der Waals surface area contributed by atoms with E-state index in [9.17, 15) is 9.18 Å². The fraction of sp³-hybridized carbons (Fsp3) is 0.538. The zero-order valence-corrected chi connectivity index (χ0v) is 13.0. The number of rotatable bonds is 3. The number of pyridine rings is 1. The number of nitrogens with zero attached hydrogens (tertiary/aromatic N) is 2. The number of piperidine rings is 1. The molecule has 0 saturated carbocycles. The van der Waals surface area contributed by atoms with Crippen LogP contribution in [0, 0.1) is 11.7 Å². The van der Waals surface area contributed by atoms with E-state index in [1.54, 1.807) is 4.90 Å². The topological polar surface area (TPSA) is 45.2 Å². The quantitative estimate of drug-likeness (QED) is 0.926. The summed E-state index contributed by atoms with van der Waals surface area (Å²) in [4.78, 5) is 17.6. The first kappa shape index (κ1) is 19.1. The lowest BCUT2D eigenvalue weighted by molar-refractivity contribution is 0.0690. The van der Waals surface area contributed by atoms with Gasteiger partial charge in [-0.25, -0.2) is 4.39 Å². The molecule has 1 aromatic heterocycles. The Morgan fingerprint density at radius 1 is 1.40 bits per heavy atom. The van der Waals surface area contributed by atoms with Gasteiger partial charge >= 0.3 is 0 Å². The lowest BCUT2D eigenvalue weighted by Crippen LogP contribution is -2.40. The third kappa shape index (κ3) is 4.89. The predicted molar refractivity (Wildman–Crippen MR) is 81.2 cm³/mol. The van der Waals surface area contributed by atoms with E-state index >= 15 is 0 Å². The molecule has 114 valence electrons. The summed E-state index contributed by atoms with van der Waals surface area (Å²) in [6.07, 6.45) is 4.52. The normalized spacial score (nSPS) is 15.2. The Hall–Kier alpha value is -0.910. The van der Waals surface area contributed by atoms with Crippen molar-refractivity contribution >= 4 is 30.7 Å². The van der Waals surface area contributed by atoms with Gasteiger partial charge in [-0.2, -0.15) is 0 Å². The maximum absolute atomic E-state index is 13.0. The second-order valence-electron chi connectivity index (χ2n) is 4.69. The molecular weight excluding hydrogens is 304 g/mol. The lowest BCUT2D eigenvalue weighted by atomic mass is 9.96. The Kier molecular flexibility index (Phi) is 8.69. The van der Waals surface area contributed by atoms with Gasteiger partial charge in [0.05, 0.1) is 11.8 Å². The van der Waals surface area contributed by atoms with Crippen LogP contribution in [0.25, 0.3) is 0 Å². The van der Waals surface area contributed by atoms with E-state index in [4.69, 9.17) is 0 Å². The highest BCUT2D eigenvalue weighted by atomic mass is 35.5. The van der Waals surface area contributed by atoms with Gasteiger partial charge in [0.1, 0.15) is 5.82 Å². The van der Waals surface area contributed by atoms with Crippen LogP contribution in [0.3, 0.4) is 0 Å².